The van der Waals surface area contributed by atoms with Crippen LogP contribution in [0.4, 0.5) is 4.79 Å². The molecule has 102 valence electrons. The highest BCUT2D eigenvalue weighted by Gasteiger charge is 2.49. The van der Waals surface area contributed by atoms with E-state index in [1.54, 1.807) is 4.90 Å². The molecule has 0 N–H and O–H groups in total. The van der Waals surface area contributed by atoms with Gasteiger partial charge in [-0.1, -0.05) is 6.58 Å². The fourth-order valence-electron chi connectivity index (χ4n) is 2.77. The molecule has 5 heteroatoms. The number of carbonyl (C=O) groups excluding carboxylic acids is 1. The lowest BCUT2D eigenvalue weighted by atomic mass is 9.88. The second kappa shape index (κ2) is 5.49. The molecule has 0 saturated carbocycles. The predicted octanol–water partition coefficient (Wildman–Crippen LogP) is 2.44. The number of rotatable bonds is 4. The fraction of sp³-hybridized carbons (Fsp3) is 0.769. The van der Waals surface area contributed by atoms with Crippen LogP contribution in [0.5, 0.6) is 0 Å². The Morgan fingerprint density at radius 1 is 1.44 bits per heavy atom. The van der Waals surface area contributed by atoms with Crippen molar-refractivity contribution in [2.45, 2.75) is 31.8 Å². The first-order valence-electron chi connectivity index (χ1n) is 6.61. The molecule has 2 heterocycles. The van der Waals surface area contributed by atoms with E-state index < -0.39 is 5.60 Å². The number of likely N-dealkylation sites (N-methyl/N-ethyl adjacent to an activating group) is 1. The summed E-state index contributed by atoms with van der Waals surface area (Å²) in [4.78, 5) is 15.8. The van der Waals surface area contributed by atoms with Crippen LogP contribution in [0, 0.1) is 0 Å². The van der Waals surface area contributed by atoms with Crippen LogP contribution in [0.25, 0.3) is 0 Å². The van der Waals surface area contributed by atoms with E-state index in [0.29, 0.717) is 12.4 Å². The minimum Gasteiger partial charge on any atom is -0.436 e. The molecule has 2 rings (SSSR count). The van der Waals surface area contributed by atoms with E-state index in [9.17, 15) is 4.79 Å². The van der Waals surface area contributed by atoms with Gasteiger partial charge in [0.15, 0.2) is 5.60 Å². The summed E-state index contributed by atoms with van der Waals surface area (Å²) < 4.78 is 5.59. The number of alkyl halides is 1. The van der Waals surface area contributed by atoms with E-state index in [1.165, 1.54) is 0 Å². The first kappa shape index (κ1) is 13.7. The maximum atomic E-state index is 11.8. The third-order valence-electron chi connectivity index (χ3n) is 3.94. The van der Waals surface area contributed by atoms with Crippen LogP contribution in [-0.2, 0) is 4.74 Å². The molecule has 0 aromatic heterocycles. The molecule has 2 fully saturated rings. The third kappa shape index (κ3) is 2.36. The van der Waals surface area contributed by atoms with Gasteiger partial charge in [0.05, 0.1) is 5.70 Å². The SMILES string of the molecule is C=C1N(CC)C(=O)OC12CCN(CCCCl)CC2. The molecule has 0 atom stereocenters. The van der Waals surface area contributed by atoms with Crippen LogP contribution in [0.2, 0.25) is 0 Å². The van der Waals surface area contributed by atoms with Gasteiger partial charge in [-0.3, -0.25) is 4.90 Å². The fourth-order valence-corrected chi connectivity index (χ4v) is 2.89. The number of hydrogen-bond acceptors (Lipinski definition) is 3. The number of carbonyl (C=O) groups is 1. The van der Waals surface area contributed by atoms with E-state index in [1.807, 2.05) is 6.92 Å². The third-order valence-corrected chi connectivity index (χ3v) is 4.21. The molecule has 2 saturated heterocycles. The Balaban J connectivity index is 1.96. The van der Waals surface area contributed by atoms with Gasteiger partial charge in [0.2, 0.25) is 0 Å². The molecular weight excluding hydrogens is 252 g/mol. The second-order valence-corrected chi connectivity index (χ2v) is 5.32. The first-order chi connectivity index (χ1) is 8.63. The van der Waals surface area contributed by atoms with Gasteiger partial charge in [-0.15, -0.1) is 11.6 Å². The van der Waals surface area contributed by atoms with E-state index >= 15 is 0 Å². The van der Waals surface area contributed by atoms with Crippen molar-refractivity contribution in [2.75, 3.05) is 32.1 Å². The highest BCUT2D eigenvalue weighted by atomic mass is 35.5. The van der Waals surface area contributed by atoms with Crippen molar-refractivity contribution >= 4 is 17.7 Å². The molecular formula is C13H21ClN2O2. The quantitative estimate of drug-likeness (QED) is 0.737. The Hall–Kier alpha value is -0.740. The number of halogens is 1. The minimum atomic E-state index is -0.440. The maximum Gasteiger partial charge on any atom is 0.415 e. The Labute approximate surface area is 114 Å². The van der Waals surface area contributed by atoms with Crippen molar-refractivity contribution in [3.05, 3.63) is 12.3 Å². The Morgan fingerprint density at radius 2 is 2.11 bits per heavy atom. The van der Waals surface area contributed by atoms with Crippen molar-refractivity contribution in [3.8, 4) is 0 Å². The summed E-state index contributed by atoms with van der Waals surface area (Å²) in [7, 11) is 0. The van der Waals surface area contributed by atoms with Crippen LogP contribution in [0.1, 0.15) is 26.2 Å². The molecule has 0 aliphatic carbocycles. The van der Waals surface area contributed by atoms with Gasteiger partial charge < -0.3 is 9.64 Å². The van der Waals surface area contributed by atoms with Crippen LogP contribution < -0.4 is 0 Å². The summed E-state index contributed by atoms with van der Waals surface area (Å²) in [6.07, 6.45) is 2.46. The van der Waals surface area contributed by atoms with E-state index in [4.69, 9.17) is 16.3 Å². The lowest BCUT2D eigenvalue weighted by Gasteiger charge is -2.38. The largest absolute Gasteiger partial charge is 0.436 e. The summed E-state index contributed by atoms with van der Waals surface area (Å²) in [6.45, 7) is 9.56. The number of ether oxygens (including phenoxy) is 1. The van der Waals surface area contributed by atoms with Crippen LogP contribution in [0.3, 0.4) is 0 Å². The van der Waals surface area contributed by atoms with E-state index in [0.717, 1.165) is 44.6 Å². The van der Waals surface area contributed by atoms with E-state index in [2.05, 4.69) is 11.5 Å². The van der Waals surface area contributed by atoms with Crippen molar-refractivity contribution in [1.29, 1.82) is 0 Å². The number of hydrogen-bond donors (Lipinski definition) is 0. The summed E-state index contributed by atoms with van der Waals surface area (Å²) in [6, 6.07) is 0. The van der Waals surface area contributed by atoms with Crippen molar-refractivity contribution in [2.24, 2.45) is 0 Å². The Bertz CT molecular complexity index is 338. The topological polar surface area (TPSA) is 32.8 Å². The molecule has 0 radical (unpaired) electrons. The first-order valence-corrected chi connectivity index (χ1v) is 7.14. The lowest BCUT2D eigenvalue weighted by molar-refractivity contribution is 0.0148. The molecule has 1 spiro atoms. The number of likely N-dealkylation sites (tertiary alicyclic amines) is 1. The Kier molecular flexibility index (Phi) is 4.17. The summed E-state index contributed by atoms with van der Waals surface area (Å²) >= 11 is 5.70. The van der Waals surface area contributed by atoms with Crippen molar-refractivity contribution in [1.82, 2.24) is 9.80 Å². The smallest absolute Gasteiger partial charge is 0.415 e. The average molecular weight is 273 g/mol. The number of amides is 1. The Morgan fingerprint density at radius 3 is 2.61 bits per heavy atom. The standard InChI is InChI=1S/C13H21ClN2O2/c1-3-16-11(2)13(18-12(16)17)5-9-15(10-6-13)8-4-7-14/h2-10H2,1H3. The molecule has 2 aliphatic heterocycles. The van der Waals surface area contributed by atoms with Crippen molar-refractivity contribution in [3.63, 3.8) is 0 Å². The van der Waals surface area contributed by atoms with Gasteiger partial charge >= 0.3 is 6.09 Å². The highest BCUT2D eigenvalue weighted by Crippen LogP contribution is 2.40. The van der Waals surface area contributed by atoms with Gasteiger partial charge in [0, 0.05) is 38.4 Å². The lowest BCUT2D eigenvalue weighted by Crippen LogP contribution is -2.45. The monoisotopic (exact) mass is 272 g/mol. The number of piperidine rings is 1. The molecule has 4 nitrogen and oxygen atoms in total. The zero-order valence-electron chi connectivity index (χ0n) is 11.0. The normalized spacial score (nSPS) is 23.8. The minimum absolute atomic E-state index is 0.239. The van der Waals surface area contributed by atoms with Gasteiger partial charge in [-0.2, -0.15) is 0 Å². The summed E-state index contributed by atoms with van der Waals surface area (Å²) in [5.74, 6) is 0.701. The second-order valence-electron chi connectivity index (χ2n) is 4.94. The number of nitrogens with zero attached hydrogens (tertiary/aromatic N) is 2. The zero-order valence-corrected chi connectivity index (χ0v) is 11.7. The predicted molar refractivity (Wildman–Crippen MR) is 71.7 cm³/mol. The average Bonchev–Trinajstić information content (AvgIpc) is 2.60. The van der Waals surface area contributed by atoms with Gasteiger partial charge in [-0.25, -0.2) is 4.79 Å². The van der Waals surface area contributed by atoms with Crippen LogP contribution >= 0.6 is 11.6 Å². The van der Waals surface area contributed by atoms with Gasteiger partial charge in [-0.05, 0) is 19.9 Å². The van der Waals surface area contributed by atoms with Gasteiger partial charge in [0.25, 0.3) is 0 Å². The van der Waals surface area contributed by atoms with Crippen LogP contribution in [0.15, 0.2) is 12.3 Å². The van der Waals surface area contributed by atoms with E-state index in [-0.39, 0.29) is 6.09 Å². The summed E-state index contributed by atoms with van der Waals surface area (Å²) in [5.41, 5.74) is 0.400. The molecule has 0 aromatic carbocycles. The van der Waals surface area contributed by atoms with Gasteiger partial charge in [0.1, 0.15) is 0 Å². The maximum absolute atomic E-state index is 11.8. The highest BCUT2D eigenvalue weighted by molar-refractivity contribution is 6.17. The summed E-state index contributed by atoms with van der Waals surface area (Å²) in [5, 5.41) is 0. The molecule has 0 bridgehead atoms. The molecule has 2 aliphatic rings. The molecule has 1 amide bonds. The molecule has 0 aromatic rings. The molecule has 18 heavy (non-hydrogen) atoms. The molecule has 0 unspecified atom stereocenters. The van der Waals surface area contributed by atoms with Crippen molar-refractivity contribution < 1.29 is 9.53 Å². The zero-order chi connectivity index (χ0) is 13.2. The van der Waals surface area contributed by atoms with Crippen LogP contribution in [-0.4, -0.2) is 53.6 Å².